The molecule has 0 aromatic heterocycles. The van der Waals surface area contributed by atoms with Gasteiger partial charge in [-0.3, -0.25) is 4.79 Å². The average Bonchev–Trinajstić information content (AvgIpc) is 2.83. The highest BCUT2D eigenvalue weighted by atomic mass is 19.1. The van der Waals surface area contributed by atoms with Crippen molar-refractivity contribution in [2.45, 2.75) is 65.1 Å². The molecule has 2 aromatic carbocycles. The van der Waals surface area contributed by atoms with Crippen molar-refractivity contribution in [1.82, 2.24) is 0 Å². The normalized spacial score (nSPS) is 18.2. The molecular weight excluding hydrogens is 423 g/mol. The summed E-state index contributed by atoms with van der Waals surface area (Å²) in [6.45, 7) is 5.48. The van der Waals surface area contributed by atoms with Crippen molar-refractivity contribution in [1.29, 1.82) is 0 Å². The predicted octanol–water partition coefficient (Wildman–Crippen LogP) is 6.54. The summed E-state index contributed by atoms with van der Waals surface area (Å²) in [5.41, 5.74) is 1.17. The Balaban J connectivity index is 1.50. The lowest BCUT2D eigenvalue weighted by Crippen LogP contribution is -2.38. The summed E-state index contributed by atoms with van der Waals surface area (Å²) in [5, 5.41) is 0. The van der Waals surface area contributed by atoms with E-state index in [1.807, 2.05) is 24.3 Å². The van der Waals surface area contributed by atoms with Crippen LogP contribution >= 0.6 is 0 Å². The highest BCUT2D eigenvalue weighted by Gasteiger charge is 2.29. The highest BCUT2D eigenvalue weighted by Crippen LogP contribution is 2.28. The minimum absolute atomic E-state index is 0.169. The quantitative estimate of drug-likeness (QED) is 0.205. The topological polar surface area (TPSA) is 54.0 Å². The van der Waals surface area contributed by atoms with Gasteiger partial charge >= 0.3 is 5.97 Å². The molecule has 5 nitrogen and oxygen atoms in total. The Morgan fingerprint density at radius 3 is 2.27 bits per heavy atom. The first-order chi connectivity index (χ1) is 16.1. The lowest BCUT2D eigenvalue weighted by Gasteiger charge is -2.28. The molecule has 0 amide bonds. The molecule has 0 spiro atoms. The molecule has 0 bridgehead atoms. The average molecular weight is 459 g/mol. The molecule has 33 heavy (non-hydrogen) atoms. The van der Waals surface area contributed by atoms with E-state index in [2.05, 4.69) is 13.8 Å². The van der Waals surface area contributed by atoms with E-state index in [-0.39, 0.29) is 25.3 Å². The zero-order valence-electron chi connectivity index (χ0n) is 19.7. The molecule has 0 unspecified atom stereocenters. The fourth-order valence-electron chi connectivity index (χ4n) is 3.67. The molecule has 180 valence electrons. The third kappa shape index (κ3) is 7.83. The Hall–Kier alpha value is -2.44. The zero-order chi connectivity index (χ0) is 23.5. The van der Waals surface area contributed by atoms with Crippen LogP contribution in [0.4, 0.5) is 4.39 Å². The van der Waals surface area contributed by atoms with Crippen LogP contribution in [-0.4, -0.2) is 32.1 Å². The summed E-state index contributed by atoms with van der Waals surface area (Å²) in [4.78, 5) is 12.4. The molecule has 0 saturated carbocycles. The fraction of sp³-hybridized carbons (Fsp3) is 0.519. The Morgan fingerprint density at radius 1 is 0.939 bits per heavy atom. The first-order valence-electron chi connectivity index (χ1n) is 12.1. The second kappa shape index (κ2) is 13.3. The van der Waals surface area contributed by atoms with Gasteiger partial charge < -0.3 is 18.9 Å². The lowest BCUT2D eigenvalue weighted by molar-refractivity contribution is -0.208. The van der Waals surface area contributed by atoms with E-state index in [0.29, 0.717) is 12.2 Å². The standard InChI is InChI=1S/C27H35FO5/c1-3-5-7-9-26-31-18-21(19-32-26)27(29)33-23-14-15-24(25(28)17-23)20-10-12-22(13-11-20)30-16-8-6-4-2/h10-15,17,21,26H,3-9,16,18-19H2,1-2H3. The van der Waals surface area contributed by atoms with Gasteiger partial charge in [-0.15, -0.1) is 0 Å². The van der Waals surface area contributed by atoms with Crippen molar-refractivity contribution in [2.75, 3.05) is 19.8 Å². The van der Waals surface area contributed by atoms with E-state index >= 15 is 0 Å². The second-order valence-electron chi connectivity index (χ2n) is 8.43. The molecule has 0 atom stereocenters. The number of hydrogen-bond donors (Lipinski definition) is 0. The number of unbranched alkanes of at least 4 members (excludes halogenated alkanes) is 4. The van der Waals surface area contributed by atoms with E-state index in [9.17, 15) is 9.18 Å². The fourth-order valence-corrected chi connectivity index (χ4v) is 3.67. The first-order valence-corrected chi connectivity index (χ1v) is 12.1. The number of benzene rings is 2. The van der Waals surface area contributed by atoms with Gasteiger partial charge in [0.2, 0.25) is 0 Å². The minimum atomic E-state index is -0.514. The molecule has 3 rings (SSSR count). The number of rotatable bonds is 12. The van der Waals surface area contributed by atoms with Gasteiger partial charge in [0.25, 0.3) is 0 Å². The number of carbonyl (C=O) groups is 1. The van der Waals surface area contributed by atoms with Crippen molar-refractivity contribution in [3.05, 3.63) is 48.3 Å². The van der Waals surface area contributed by atoms with Gasteiger partial charge in [0, 0.05) is 11.6 Å². The van der Waals surface area contributed by atoms with Crippen LogP contribution in [0.25, 0.3) is 11.1 Å². The Kier molecular flexibility index (Phi) is 10.2. The van der Waals surface area contributed by atoms with Gasteiger partial charge in [0.05, 0.1) is 19.8 Å². The molecule has 1 fully saturated rings. The van der Waals surface area contributed by atoms with Gasteiger partial charge in [0.15, 0.2) is 6.29 Å². The largest absolute Gasteiger partial charge is 0.494 e. The van der Waals surface area contributed by atoms with E-state index in [1.165, 1.54) is 6.07 Å². The van der Waals surface area contributed by atoms with Crippen molar-refractivity contribution < 1.29 is 28.1 Å². The molecule has 1 saturated heterocycles. The van der Waals surface area contributed by atoms with Gasteiger partial charge in [-0.1, -0.05) is 51.7 Å². The highest BCUT2D eigenvalue weighted by molar-refractivity contribution is 5.76. The SMILES string of the molecule is CCCCCOc1ccc(-c2ccc(OC(=O)C3COC(CCCCC)OC3)cc2F)cc1. The third-order valence-corrected chi connectivity index (χ3v) is 5.68. The van der Waals surface area contributed by atoms with Crippen molar-refractivity contribution >= 4 is 5.97 Å². The summed E-state index contributed by atoms with van der Waals surface area (Å²) in [5.74, 6) is -0.504. The van der Waals surface area contributed by atoms with Crippen LogP contribution in [0.2, 0.25) is 0 Å². The Labute approximate surface area is 196 Å². The molecular formula is C27H35FO5. The molecule has 2 aromatic rings. The summed E-state index contributed by atoms with van der Waals surface area (Å²) >= 11 is 0. The van der Waals surface area contributed by atoms with Crippen LogP contribution in [0.15, 0.2) is 42.5 Å². The van der Waals surface area contributed by atoms with Crippen molar-refractivity contribution in [2.24, 2.45) is 5.92 Å². The Morgan fingerprint density at radius 2 is 1.61 bits per heavy atom. The van der Waals surface area contributed by atoms with Gasteiger partial charge in [-0.05, 0) is 49.1 Å². The number of hydrogen-bond acceptors (Lipinski definition) is 5. The number of ether oxygens (including phenoxy) is 4. The van der Waals surface area contributed by atoms with Crippen LogP contribution in [-0.2, 0) is 14.3 Å². The van der Waals surface area contributed by atoms with Crippen molar-refractivity contribution in [3.63, 3.8) is 0 Å². The molecule has 1 aliphatic rings. The van der Waals surface area contributed by atoms with Crippen LogP contribution < -0.4 is 9.47 Å². The maximum Gasteiger partial charge on any atom is 0.319 e. The van der Waals surface area contributed by atoms with E-state index in [0.717, 1.165) is 56.3 Å². The first kappa shape index (κ1) is 25.2. The maximum atomic E-state index is 14.7. The summed E-state index contributed by atoms with van der Waals surface area (Å²) in [6.07, 6.45) is 7.18. The van der Waals surface area contributed by atoms with E-state index < -0.39 is 17.7 Å². The number of halogens is 1. The summed E-state index contributed by atoms with van der Waals surface area (Å²) < 4.78 is 37.1. The molecule has 0 radical (unpaired) electrons. The predicted molar refractivity (Wildman–Crippen MR) is 126 cm³/mol. The lowest BCUT2D eigenvalue weighted by atomic mass is 10.0. The molecule has 0 aliphatic carbocycles. The van der Waals surface area contributed by atoms with E-state index in [4.69, 9.17) is 18.9 Å². The van der Waals surface area contributed by atoms with Crippen LogP contribution in [0.5, 0.6) is 11.5 Å². The van der Waals surface area contributed by atoms with Crippen LogP contribution in [0, 0.1) is 11.7 Å². The van der Waals surface area contributed by atoms with Gasteiger partial charge in [-0.25, -0.2) is 4.39 Å². The molecule has 1 heterocycles. The van der Waals surface area contributed by atoms with Crippen LogP contribution in [0.1, 0.15) is 58.8 Å². The molecule has 0 N–H and O–H groups in total. The third-order valence-electron chi connectivity index (χ3n) is 5.68. The minimum Gasteiger partial charge on any atom is -0.494 e. The zero-order valence-corrected chi connectivity index (χ0v) is 19.7. The molecule has 1 aliphatic heterocycles. The molecule has 6 heteroatoms. The van der Waals surface area contributed by atoms with Crippen LogP contribution in [0.3, 0.4) is 0 Å². The van der Waals surface area contributed by atoms with Gasteiger partial charge in [-0.2, -0.15) is 0 Å². The second-order valence-corrected chi connectivity index (χ2v) is 8.43. The Bertz CT molecular complexity index is 859. The maximum absolute atomic E-state index is 14.7. The number of esters is 1. The van der Waals surface area contributed by atoms with E-state index in [1.54, 1.807) is 12.1 Å². The van der Waals surface area contributed by atoms with Gasteiger partial charge in [0.1, 0.15) is 23.2 Å². The summed E-state index contributed by atoms with van der Waals surface area (Å²) in [6, 6.07) is 11.8. The monoisotopic (exact) mass is 458 g/mol. The smallest absolute Gasteiger partial charge is 0.319 e. The summed E-state index contributed by atoms with van der Waals surface area (Å²) in [7, 11) is 0. The van der Waals surface area contributed by atoms with Crippen molar-refractivity contribution in [3.8, 4) is 22.6 Å². The number of carbonyl (C=O) groups excluding carboxylic acids is 1.